The van der Waals surface area contributed by atoms with Crippen LogP contribution in [0.2, 0.25) is 5.02 Å². The lowest BCUT2D eigenvalue weighted by atomic mass is 10.00. The zero-order valence-electron chi connectivity index (χ0n) is 21.4. The molecule has 0 bridgehead atoms. The van der Waals surface area contributed by atoms with Crippen molar-refractivity contribution < 1.29 is 14.3 Å². The molecule has 4 rings (SSSR count). The van der Waals surface area contributed by atoms with Gasteiger partial charge in [-0.05, 0) is 88.1 Å². The minimum absolute atomic E-state index is 0.200. The van der Waals surface area contributed by atoms with Gasteiger partial charge in [-0.3, -0.25) is 14.9 Å². The monoisotopic (exact) mass is 675 g/mol. The number of hydrogen-bond donors (Lipinski definition) is 3. The van der Waals surface area contributed by atoms with Gasteiger partial charge >= 0.3 is 0 Å². The van der Waals surface area contributed by atoms with Crippen LogP contribution in [-0.2, 0) is 0 Å². The van der Waals surface area contributed by atoms with Gasteiger partial charge in [0, 0.05) is 22.7 Å². The molecule has 0 saturated carbocycles. The van der Waals surface area contributed by atoms with Crippen molar-refractivity contribution in [3.8, 4) is 5.75 Å². The topological polar surface area (TPSA) is 109 Å². The first-order valence-corrected chi connectivity index (χ1v) is 14.2. The summed E-state index contributed by atoms with van der Waals surface area (Å²) >= 11 is 12.9. The Morgan fingerprint density at radius 1 is 1.03 bits per heavy atom. The van der Waals surface area contributed by atoms with Crippen LogP contribution in [-0.4, -0.2) is 49.8 Å². The molecule has 0 aromatic heterocycles. The van der Waals surface area contributed by atoms with Crippen molar-refractivity contribution in [1.29, 1.82) is 0 Å². The highest BCUT2D eigenvalue weighted by Crippen LogP contribution is 2.34. The number of aryl methyl sites for hydroxylation is 1. The first-order valence-electron chi connectivity index (χ1n) is 12.2. The van der Waals surface area contributed by atoms with E-state index in [4.69, 9.17) is 22.1 Å². The van der Waals surface area contributed by atoms with E-state index in [0.717, 1.165) is 11.3 Å². The smallest absolute Gasteiger partial charge is 0.251 e. The molecule has 3 aromatic rings. The number of nitrogens with zero attached hydrogens (tertiary/aromatic N) is 2. The van der Waals surface area contributed by atoms with Crippen molar-refractivity contribution in [2.24, 2.45) is 10.8 Å². The van der Waals surface area contributed by atoms with Gasteiger partial charge < -0.3 is 15.8 Å². The molecule has 4 N–H and O–H groups in total. The Morgan fingerprint density at radius 2 is 1.67 bits per heavy atom. The summed E-state index contributed by atoms with van der Waals surface area (Å²) in [5, 5.41) is 13.3. The van der Waals surface area contributed by atoms with Crippen molar-refractivity contribution >= 4 is 66.6 Å². The quantitative estimate of drug-likeness (QED) is 0.199. The number of anilines is 1. The fraction of sp³-hybridized carbons (Fsp3) is 0.250. The minimum Gasteiger partial charge on any atom is -0.494 e. The molecular weight excluding hydrogens is 650 g/mol. The summed E-state index contributed by atoms with van der Waals surface area (Å²) in [6.45, 7) is 2.93. The lowest BCUT2D eigenvalue weighted by Gasteiger charge is -2.27. The van der Waals surface area contributed by atoms with Crippen LogP contribution in [0.4, 0.5) is 5.69 Å². The first kappa shape index (κ1) is 29.2. The van der Waals surface area contributed by atoms with Crippen molar-refractivity contribution in [2.45, 2.75) is 25.6 Å². The number of benzene rings is 3. The van der Waals surface area contributed by atoms with Gasteiger partial charge in [-0.1, -0.05) is 41.4 Å². The second-order valence-electron chi connectivity index (χ2n) is 9.01. The molecule has 8 nitrogen and oxygen atoms in total. The van der Waals surface area contributed by atoms with Crippen LogP contribution < -0.4 is 26.1 Å². The van der Waals surface area contributed by atoms with E-state index in [1.807, 2.05) is 31.2 Å². The number of amides is 1. The van der Waals surface area contributed by atoms with Crippen LogP contribution in [0.1, 0.15) is 32.7 Å². The molecule has 1 amide bonds. The van der Waals surface area contributed by atoms with Gasteiger partial charge in [0.2, 0.25) is 5.78 Å². The lowest BCUT2D eigenvalue weighted by molar-refractivity contribution is 0.0952. The first-order chi connectivity index (χ1) is 18.7. The summed E-state index contributed by atoms with van der Waals surface area (Å²) in [4.78, 5) is 25.9. The number of carbonyl (C=O) groups is 2. The predicted octanol–water partition coefficient (Wildman–Crippen LogP) is 5.30. The van der Waals surface area contributed by atoms with E-state index >= 15 is 0 Å². The maximum Gasteiger partial charge on any atom is 0.251 e. The molecule has 1 aliphatic rings. The molecule has 1 aliphatic heterocycles. The standard InChI is InChI=1S/C28H28Br2ClN5O3/c1-16-4-6-17(7-5-16)25(37)24-23(32)27(36(35-24)20-10-8-19(31)9-11-20)33-12-3-13-34-28(38)18-14-21(29)26(39-2)22(30)15-18/h4-11,14-15,23,27,33H,3,12-13,32H2,1-2H3,(H,34,38). The van der Waals surface area contributed by atoms with Crippen LogP contribution in [0, 0.1) is 6.92 Å². The van der Waals surface area contributed by atoms with Gasteiger partial charge in [0.25, 0.3) is 5.91 Å². The molecule has 1 heterocycles. The zero-order valence-corrected chi connectivity index (χ0v) is 25.3. The van der Waals surface area contributed by atoms with Gasteiger partial charge in [0.15, 0.2) is 0 Å². The second-order valence-corrected chi connectivity index (χ2v) is 11.2. The highest BCUT2D eigenvalue weighted by Gasteiger charge is 2.38. The molecule has 0 saturated heterocycles. The average Bonchev–Trinajstić information content (AvgIpc) is 3.24. The Kier molecular flexibility index (Phi) is 9.79. The minimum atomic E-state index is -0.668. The van der Waals surface area contributed by atoms with Crippen molar-refractivity contribution in [3.63, 3.8) is 0 Å². The number of methoxy groups -OCH3 is 1. The van der Waals surface area contributed by atoms with E-state index < -0.39 is 12.2 Å². The largest absolute Gasteiger partial charge is 0.494 e. The van der Waals surface area contributed by atoms with Gasteiger partial charge in [0.05, 0.1) is 27.8 Å². The SMILES string of the molecule is COc1c(Br)cc(C(=O)NCCCNC2C(N)C(C(=O)c3ccc(C)cc3)=NN2c2ccc(Cl)cc2)cc1Br. The van der Waals surface area contributed by atoms with Crippen LogP contribution in [0.25, 0.3) is 0 Å². The number of Topliss-reactive ketones (excluding diaryl/α,β-unsaturated/α-hetero) is 1. The lowest BCUT2D eigenvalue weighted by Crippen LogP contribution is -2.54. The molecule has 2 unspecified atom stereocenters. The summed E-state index contributed by atoms with van der Waals surface area (Å²) in [5.74, 6) is 0.208. The van der Waals surface area contributed by atoms with Crippen molar-refractivity contribution in [1.82, 2.24) is 10.6 Å². The Morgan fingerprint density at radius 3 is 2.28 bits per heavy atom. The van der Waals surface area contributed by atoms with Crippen molar-refractivity contribution in [3.05, 3.63) is 91.3 Å². The van der Waals surface area contributed by atoms with Gasteiger partial charge in [-0.25, -0.2) is 5.01 Å². The number of rotatable bonds is 10. The molecule has 0 aliphatic carbocycles. The van der Waals surface area contributed by atoms with E-state index in [9.17, 15) is 9.59 Å². The molecule has 0 spiro atoms. The van der Waals surface area contributed by atoms with Crippen LogP contribution in [0.3, 0.4) is 0 Å². The number of nitrogens with one attached hydrogen (secondary N) is 2. The summed E-state index contributed by atoms with van der Waals surface area (Å²) in [7, 11) is 1.56. The molecule has 39 heavy (non-hydrogen) atoms. The highest BCUT2D eigenvalue weighted by atomic mass is 79.9. The molecule has 3 aromatic carbocycles. The molecule has 2 atom stereocenters. The number of hydrogen-bond acceptors (Lipinski definition) is 7. The second kappa shape index (κ2) is 13.1. The van der Waals surface area contributed by atoms with Gasteiger partial charge in [-0.2, -0.15) is 5.10 Å². The third-order valence-corrected chi connectivity index (χ3v) is 7.66. The average molecular weight is 678 g/mol. The summed E-state index contributed by atoms with van der Waals surface area (Å²) in [5.41, 5.74) is 9.69. The molecule has 204 valence electrons. The zero-order chi connectivity index (χ0) is 28.1. The van der Waals surface area contributed by atoms with Gasteiger partial charge in [0.1, 0.15) is 17.6 Å². The number of hydrazone groups is 1. The van der Waals surface area contributed by atoms with E-state index in [2.05, 4.69) is 47.6 Å². The molecule has 11 heteroatoms. The summed E-state index contributed by atoms with van der Waals surface area (Å²) in [6.07, 6.45) is 0.170. The maximum atomic E-state index is 13.3. The maximum absolute atomic E-state index is 13.3. The van der Waals surface area contributed by atoms with E-state index in [-0.39, 0.29) is 17.4 Å². The number of carbonyl (C=O) groups excluding carboxylic acids is 2. The molecule has 0 fully saturated rings. The van der Waals surface area contributed by atoms with Crippen LogP contribution in [0.15, 0.2) is 74.7 Å². The number of ketones is 1. The Hall–Kier alpha value is -2.76. The van der Waals surface area contributed by atoms with Crippen LogP contribution >= 0.6 is 43.5 Å². The molecule has 0 radical (unpaired) electrons. The number of ether oxygens (including phenoxy) is 1. The van der Waals surface area contributed by atoms with Gasteiger partial charge in [-0.15, -0.1) is 0 Å². The Balaban J connectivity index is 1.40. The Bertz CT molecular complexity index is 1360. The molecular formula is C28H28Br2ClN5O3. The fourth-order valence-electron chi connectivity index (χ4n) is 4.15. The fourth-order valence-corrected chi connectivity index (χ4v) is 5.79. The third kappa shape index (κ3) is 6.88. The van der Waals surface area contributed by atoms with E-state index in [0.29, 0.717) is 50.4 Å². The van der Waals surface area contributed by atoms with E-state index in [1.54, 1.807) is 48.5 Å². The summed E-state index contributed by atoms with van der Waals surface area (Å²) in [6, 6.07) is 17.3. The number of nitrogens with two attached hydrogens (primary N) is 1. The van der Waals surface area contributed by atoms with Crippen LogP contribution in [0.5, 0.6) is 5.75 Å². The normalized spacial score (nSPS) is 16.7. The van der Waals surface area contributed by atoms with E-state index in [1.165, 1.54) is 0 Å². The third-order valence-electron chi connectivity index (χ3n) is 6.23. The highest BCUT2D eigenvalue weighted by molar-refractivity contribution is 9.11. The summed E-state index contributed by atoms with van der Waals surface area (Å²) < 4.78 is 6.66. The van der Waals surface area contributed by atoms with Crippen molar-refractivity contribution in [2.75, 3.05) is 25.2 Å². The number of halogens is 3. The predicted molar refractivity (Wildman–Crippen MR) is 162 cm³/mol. The Labute approximate surface area is 249 Å².